The molecule has 102 valence electrons. The summed E-state index contributed by atoms with van der Waals surface area (Å²) < 4.78 is 3.68. The maximum Gasteiger partial charge on any atom is 0.240 e. The predicted molar refractivity (Wildman–Crippen MR) is 71.4 cm³/mol. The molecule has 2 rings (SSSR count). The van der Waals surface area contributed by atoms with Crippen LogP contribution in [0.1, 0.15) is 19.7 Å². The van der Waals surface area contributed by atoms with E-state index in [0.29, 0.717) is 13.1 Å². The molecule has 19 heavy (non-hydrogen) atoms. The summed E-state index contributed by atoms with van der Waals surface area (Å²) in [4.78, 5) is 16.1. The van der Waals surface area contributed by atoms with Gasteiger partial charge in [0.25, 0.3) is 0 Å². The van der Waals surface area contributed by atoms with Crippen LogP contribution in [0.2, 0.25) is 0 Å². The lowest BCUT2D eigenvalue weighted by Crippen LogP contribution is -2.38. The second-order valence-electron chi connectivity index (χ2n) is 4.52. The zero-order chi connectivity index (χ0) is 13.7. The Hall–Kier alpha value is -2.11. The number of nitrogens with zero attached hydrogens (tertiary/aromatic N) is 4. The van der Waals surface area contributed by atoms with Gasteiger partial charge >= 0.3 is 0 Å². The molecule has 0 aliphatic rings. The number of amides is 1. The van der Waals surface area contributed by atoms with Crippen molar-refractivity contribution in [3.63, 3.8) is 0 Å². The van der Waals surface area contributed by atoms with Crippen molar-refractivity contribution in [1.82, 2.24) is 24.6 Å². The standard InChI is InChI=1S/C13H19N5O/c1-3-12-14-6-8-17(12)10-13(19)16-11(2)9-18-7-4-5-15-18/h4-8,11H,3,9-10H2,1-2H3,(H,16,19). The number of rotatable bonds is 6. The van der Waals surface area contributed by atoms with E-state index in [1.807, 2.05) is 36.9 Å². The van der Waals surface area contributed by atoms with Gasteiger partial charge in [0.1, 0.15) is 12.4 Å². The Labute approximate surface area is 112 Å². The van der Waals surface area contributed by atoms with Crippen LogP contribution in [-0.2, 0) is 24.3 Å². The van der Waals surface area contributed by atoms with Gasteiger partial charge < -0.3 is 9.88 Å². The Kier molecular flexibility index (Phi) is 4.33. The van der Waals surface area contributed by atoms with Crippen LogP contribution in [0.15, 0.2) is 30.9 Å². The van der Waals surface area contributed by atoms with Crippen LogP contribution in [0.4, 0.5) is 0 Å². The third-order valence-corrected chi connectivity index (χ3v) is 2.86. The lowest BCUT2D eigenvalue weighted by molar-refractivity contribution is -0.122. The molecule has 0 saturated heterocycles. The van der Waals surface area contributed by atoms with Crippen LogP contribution in [-0.4, -0.2) is 31.3 Å². The fourth-order valence-corrected chi connectivity index (χ4v) is 2.01. The minimum Gasteiger partial charge on any atom is -0.350 e. The minimum atomic E-state index is -0.00708. The molecule has 2 heterocycles. The number of nitrogens with one attached hydrogen (secondary N) is 1. The molecule has 0 fully saturated rings. The van der Waals surface area contributed by atoms with Crippen LogP contribution in [0.25, 0.3) is 0 Å². The summed E-state index contributed by atoms with van der Waals surface area (Å²) in [5.41, 5.74) is 0. The van der Waals surface area contributed by atoms with E-state index < -0.39 is 0 Å². The zero-order valence-electron chi connectivity index (χ0n) is 11.3. The molecule has 0 radical (unpaired) electrons. The van der Waals surface area contributed by atoms with Crippen molar-refractivity contribution in [2.24, 2.45) is 0 Å². The molecule has 6 nitrogen and oxygen atoms in total. The van der Waals surface area contributed by atoms with Crippen molar-refractivity contribution in [3.8, 4) is 0 Å². The third-order valence-electron chi connectivity index (χ3n) is 2.86. The highest BCUT2D eigenvalue weighted by atomic mass is 16.2. The molecule has 6 heteroatoms. The molecule has 2 aromatic heterocycles. The molecule has 0 aliphatic heterocycles. The third kappa shape index (κ3) is 3.67. The van der Waals surface area contributed by atoms with Crippen LogP contribution in [0.3, 0.4) is 0 Å². The van der Waals surface area contributed by atoms with Gasteiger partial charge in [-0.15, -0.1) is 0 Å². The van der Waals surface area contributed by atoms with Crippen LogP contribution < -0.4 is 5.32 Å². The van der Waals surface area contributed by atoms with Crippen LogP contribution in [0.5, 0.6) is 0 Å². The highest BCUT2D eigenvalue weighted by Crippen LogP contribution is 1.98. The smallest absolute Gasteiger partial charge is 0.240 e. The van der Waals surface area contributed by atoms with Gasteiger partial charge in [-0.05, 0) is 13.0 Å². The molecule has 0 aromatic carbocycles. The first-order chi connectivity index (χ1) is 9.19. The van der Waals surface area contributed by atoms with Crippen molar-refractivity contribution in [2.45, 2.75) is 39.4 Å². The molecular weight excluding hydrogens is 242 g/mol. The van der Waals surface area contributed by atoms with Gasteiger partial charge in [0.15, 0.2) is 0 Å². The lowest BCUT2D eigenvalue weighted by Gasteiger charge is -2.14. The Morgan fingerprint density at radius 3 is 2.95 bits per heavy atom. The Morgan fingerprint density at radius 1 is 1.42 bits per heavy atom. The molecule has 0 spiro atoms. The number of carbonyl (C=O) groups excluding carboxylic acids is 1. The first kappa shape index (κ1) is 13.3. The van der Waals surface area contributed by atoms with E-state index in [-0.39, 0.29) is 11.9 Å². The fraction of sp³-hybridized carbons (Fsp3) is 0.462. The van der Waals surface area contributed by atoms with Gasteiger partial charge in [-0.3, -0.25) is 9.48 Å². The number of aryl methyl sites for hydroxylation is 1. The Morgan fingerprint density at radius 2 is 2.26 bits per heavy atom. The maximum atomic E-state index is 11.9. The molecule has 0 saturated carbocycles. The molecule has 2 aromatic rings. The second kappa shape index (κ2) is 6.17. The summed E-state index contributed by atoms with van der Waals surface area (Å²) in [5.74, 6) is 0.919. The number of carbonyl (C=O) groups is 1. The van der Waals surface area contributed by atoms with Gasteiger partial charge in [-0.25, -0.2) is 4.98 Å². The summed E-state index contributed by atoms with van der Waals surface area (Å²) >= 11 is 0. The van der Waals surface area contributed by atoms with Gasteiger partial charge in [-0.2, -0.15) is 5.10 Å². The second-order valence-corrected chi connectivity index (χ2v) is 4.52. The molecule has 0 aliphatic carbocycles. The molecule has 0 bridgehead atoms. The largest absolute Gasteiger partial charge is 0.350 e. The Balaban J connectivity index is 1.84. The minimum absolute atomic E-state index is 0.00708. The summed E-state index contributed by atoms with van der Waals surface area (Å²) in [6, 6.07) is 1.91. The van der Waals surface area contributed by atoms with Gasteiger partial charge in [-0.1, -0.05) is 6.92 Å². The van der Waals surface area contributed by atoms with Crippen molar-refractivity contribution >= 4 is 5.91 Å². The quantitative estimate of drug-likeness (QED) is 0.838. The van der Waals surface area contributed by atoms with Gasteiger partial charge in [0, 0.05) is 37.3 Å². The van der Waals surface area contributed by atoms with Crippen molar-refractivity contribution in [1.29, 1.82) is 0 Å². The average molecular weight is 261 g/mol. The molecule has 1 unspecified atom stereocenters. The molecule has 1 amide bonds. The normalized spacial score (nSPS) is 12.3. The maximum absolute atomic E-state index is 11.9. The Bertz CT molecular complexity index is 517. The molecular formula is C13H19N5O. The molecule has 1 atom stereocenters. The lowest BCUT2D eigenvalue weighted by atomic mass is 10.3. The summed E-state index contributed by atoms with van der Waals surface area (Å²) in [6.07, 6.45) is 7.99. The topological polar surface area (TPSA) is 64.7 Å². The number of hydrogen-bond acceptors (Lipinski definition) is 3. The summed E-state index contributed by atoms with van der Waals surface area (Å²) in [6.45, 7) is 4.97. The van der Waals surface area contributed by atoms with Crippen LogP contribution in [0, 0.1) is 0 Å². The van der Waals surface area contributed by atoms with Crippen molar-refractivity contribution in [2.75, 3.05) is 0 Å². The van der Waals surface area contributed by atoms with E-state index in [1.165, 1.54) is 0 Å². The summed E-state index contributed by atoms with van der Waals surface area (Å²) in [5, 5.41) is 7.08. The average Bonchev–Trinajstić information content (AvgIpc) is 2.99. The van der Waals surface area contributed by atoms with Crippen LogP contribution >= 0.6 is 0 Å². The number of imidazole rings is 1. The monoisotopic (exact) mass is 261 g/mol. The highest BCUT2D eigenvalue weighted by molar-refractivity contribution is 5.76. The van der Waals surface area contributed by atoms with E-state index in [1.54, 1.807) is 17.1 Å². The van der Waals surface area contributed by atoms with Crippen molar-refractivity contribution in [3.05, 3.63) is 36.7 Å². The van der Waals surface area contributed by atoms with E-state index in [0.717, 1.165) is 12.2 Å². The first-order valence-corrected chi connectivity index (χ1v) is 6.46. The van der Waals surface area contributed by atoms with Gasteiger partial charge in [0.2, 0.25) is 5.91 Å². The van der Waals surface area contributed by atoms with Gasteiger partial charge in [0.05, 0.1) is 6.54 Å². The number of aromatic nitrogens is 4. The van der Waals surface area contributed by atoms with E-state index in [9.17, 15) is 4.79 Å². The predicted octanol–water partition coefficient (Wildman–Crippen LogP) is 0.847. The number of hydrogen-bond donors (Lipinski definition) is 1. The summed E-state index contributed by atoms with van der Waals surface area (Å²) in [7, 11) is 0. The fourth-order valence-electron chi connectivity index (χ4n) is 2.01. The molecule has 1 N–H and O–H groups in total. The highest BCUT2D eigenvalue weighted by Gasteiger charge is 2.10. The zero-order valence-corrected chi connectivity index (χ0v) is 11.3. The van der Waals surface area contributed by atoms with E-state index in [2.05, 4.69) is 15.4 Å². The van der Waals surface area contributed by atoms with E-state index in [4.69, 9.17) is 0 Å². The first-order valence-electron chi connectivity index (χ1n) is 6.46. The van der Waals surface area contributed by atoms with E-state index >= 15 is 0 Å². The SMILES string of the molecule is CCc1nccn1CC(=O)NC(C)Cn1cccn1. The van der Waals surface area contributed by atoms with Crippen molar-refractivity contribution < 1.29 is 4.79 Å².